The smallest absolute Gasteiger partial charge is 0.142 e. The highest BCUT2D eigenvalue weighted by Crippen LogP contribution is 2.35. The largest absolute Gasteiger partial charge is 0.495 e. The second kappa shape index (κ2) is 5.95. The molecule has 0 atom stereocenters. The van der Waals surface area contributed by atoms with E-state index in [9.17, 15) is 0 Å². The number of nitrogens with two attached hydrogens (primary N) is 1. The molecule has 0 fully saturated rings. The number of halogens is 1. The van der Waals surface area contributed by atoms with Crippen LogP contribution in [0.25, 0.3) is 0 Å². The maximum absolute atomic E-state index is 6.08. The summed E-state index contributed by atoms with van der Waals surface area (Å²) < 4.78 is 5.39. The molecule has 0 bridgehead atoms. The molecular weight excluding hydrogens is 260 g/mol. The van der Waals surface area contributed by atoms with Crippen molar-refractivity contribution in [2.24, 2.45) is 5.73 Å². The van der Waals surface area contributed by atoms with E-state index >= 15 is 0 Å². The molecule has 0 aliphatic carbocycles. The molecule has 0 aliphatic rings. The first-order valence-electron chi connectivity index (χ1n) is 6.02. The second-order valence-corrected chi connectivity index (χ2v) is 4.64. The highest BCUT2D eigenvalue weighted by atomic mass is 35.5. The lowest BCUT2D eigenvalue weighted by Crippen LogP contribution is -2.14. The van der Waals surface area contributed by atoms with Crippen molar-refractivity contribution < 1.29 is 4.74 Å². The van der Waals surface area contributed by atoms with E-state index in [1.807, 2.05) is 54.4 Å². The molecule has 3 nitrogen and oxygen atoms in total. The number of para-hydroxylation sites is 2. The Morgan fingerprint density at radius 2 is 1.89 bits per heavy atom. The standard InChI is InChI=1S/C15H17ClN2O/c1-18(13-5-3-4-6-15(13)19-2)14-9-12(16)8-7-11(14)10-17/h3-9H,10,17H2,1-2H3. The molecular formula is C15H17ClN2O. The summed E-state index contributed by atoms with van der Waals surface area (Å²) in [4.78, 5) is 2.03. The molecule has 2 N–H and O–H groups in total. The Hall–Kier alpha value is -1.71. The lowest BCUT2D eigenvalue weighted by molar-refractivity contribution is 0.415. The number of hydrogen-bond donors (Lipinski definition) is 1. The number of methoxy groups -OCH3 is 1. The van der Waals surface area contributed by atoms with Crippen molar-refractivity contribution in [2.45, 2.75) is 6.54 Å². The van der Waals surface area contributed by atoms with Crippen LogP contribution in [0.15, 0.2) is 42.5 Å². The molecule has 0 unspecified atom stereocenters. The molecule has 0 aromatic heterocycles. The Kier molecular flexibility index (Phi) is 4.30. The Morgan fingerprint density at radius 1 is 1.16 bits per heavy atom. The van der Waals surface area contributed by atoms with Gasteiger partial charge in [-0.3, -0.25) is 0 Å². The number of rotatable bonds is 4. The van der Waals surface area contributed by atoms with E-state index in [1.165, 1.54) is 0 Å². The number of benzene rings is 2. The third-order valence-corrected chi connectivity index (χ3v) is 3.31. The van der Waals surface area contributed by atoms with E-state index in [0.717, 1.165) is 22.7 Å². The fourth-order valence-electron chi connectivity index (χ4n) is 2.06. The van der Waals surface area contributed by atoms with Crippen LogP contribution in [0.3, 0.4) is 0 Å². The van der Waals surface area contributed by atoms with E-state index in [-0.39, 0.29) is 0 Å². The summed E-state index contributed by atoms with van der Waals surface area (Å²) >= 11 is 6.08. The molecule has 0 radical (unpaired) electrons. The van der Waals surface area contributed by atoms with Gasteiger partial charge < -0.3 is 15.4 Å². The molecule has 2 rings (SSSR count). The summed E-state index contributed by atoms with van der Waals surface area (Å²) in [5.41, 5.74) is 8.79. The van der Waals surface area contributed by atoms with Gasteiger partial charge >= 0.3 is 0 Å². The normalized spacial score (nSPS) is 10.3. The lowest BCUT2D eigenvalue weighted by Gasteiger charge is -2.24. The van der Waals surface area contributed by atoms with Gasteiger partial charge in [-0.1, -0.05) is 29.8 Å². The minimum Gasteiger partial charge on any atom is -0.495 e. The van der Waals surface area contributed by atoms with Gasteiger partial charge in [-0.2, -0.15) is 0 Å². The van der Waals surface area contributed by atoms with Gasteiger partial charge in [0.05, 0.1) is 12.8 Å². The Bertz CT molecular complexity index is 572. The highest BCUT2D eigenvalue weighted by Gasteiger charge is 2.12. The van der Waals surface area contributed by atoms with E-state index in [4.69, 9.17) is 22.1 Å². The second-order valence-electron chi connectivity index (χ2n) is 4.21. The van der Waals surface area contributed by atoms with Crippen molar-refractivity contribution >= 4 is 23.0 Å². The van der Waals surface area contributed by atoms with Crippen molar-refractivity contribution in [3.63, 3.8) is 0 Å². The molecule has 2 aromatic rings. The zero-order chi connectivity index (χ0) is 13.8. The average Bonchev–Trinajstić information content (AvgIpc) is 2.46. The summed E-state index contributed by atoms with van der Waals surface area (Å²) in [7, 11) is 3.64. The van der Waals surface area contributed by atoms with Gasteiger partial charge in [-0.05, 0) is 29.8 Å². The van der Waals surface area contributed by atoms with Gasteiger partial charge in [0.25, 0.3) is 0 Å². The van der Waals surface area contributed by atoms with Gasteiger partial charge in [-0.25, -0.2) is 0 Å². The Morgan fingerprint density at radius 3 is 2.58 bits per heavy atom. The number of ether oxygens (including phenoxy) is 1. The van der Waals surface area contributed by atoms with E-state index < -0.39 is 0 Å². The molecule has 0 saturated carbocycles. The average molecular weight is 277 g/mol. The van der Waals surface area contributed by atoms with Crippen LogP contribution in [-0.2, 0) is 6.54 Å². The molecule has 2 aromatic carbocycles. The van der Waals surface area contributed by atoms with Crippen LogP contribution in [-0.4, -0.2) is 14.2 Å². The van der Waals surface area contributed by atoms with Crippen molar-refractivity contribution in [1.82, 2.24) is 0 Å². The quantitative estimate of drug-likeness (QED) is 0.928. The minimum absolute atomic E-state index is 0.464. The van der Waals surface area contributed by atoms with Crippen LogP contribution in [0, 0.1) is 0 Å². The third kappa shape index (κ3) is 2.83. The molecule has 0 saturated heterocycles. The summed E-state index contributed by atoms with van der Waals surface area (Å²) in [6.45, 7) is 0.464. The predicted octanol–water partition coefficient (Wildman–Crippen LogP) is 3.58. The first-order chi connectivity index (χ1) is 9.17. The summed E-state index contributed by atoms with van der Waals surface area (Å²) in [6.07, 6.45) is 0. The topological polar surface area (TPSA) is 38.5 Å². The molecule has 0 amide bonds. The van der Waals surface area contributed by atoms with Gasteiger partial charge in [0, 0.05) is 24.3 Å². The monoisotopic (exact) mass is 276 g/mol. The summed E-state index contributed by atoms with van der Waals surface area (Å²) in [5, 5.41) is 0.689. The van der Waals surface area contributed by atoms with Gasteiger partial charge in [-0.15, -0.1) is 0 Å². The van der Waals surface area contributed by atoms with Crippen LogP contribution >= 0.6 is 11.6 Å². The minimum atomic E-state index is 0.464. The fraction of sp³-hybridized carbons (Fsp3) is 0.200. The van der Waals surface area contributed by atoms with Gasteiger partial charge in [0.2, 0.25) is 0 Å². The zero-order valence-corrected chi connectivity index (χ0v) is 11.8. The first-order valence-corrected chi connectivity index (χ1v) is 6.40. The van der Waals surface area contributed by atoms with Crippen molar-refractivity contribution in [3.05, 3.63) is 53.1 Å². The molecule has 0 spiro atoms. The first kappa shape index (κ1) is 13.7. The van der Waals surface area contributed by atoms with Gasteiger partial charge in [0.15, 0.2) is 0 Å². The zero-order valence-electron chi connectivity index (χ0n) is 11.1. The SMILES string of the molecule is COc1ccccc1N(C)c1cc(Cl)ccc1CN. The van der Waals surface area contributed by atoms with Crippen molar-refractivity contribution in [2.75, 3.05) is 19.1 Å². The molecule has 100 valence electrons. The molecule has 19 heavy (non-hydrogen) atoms. The maximum atomic E-state index is 6.08. The van der Waals surface area contributed by atoms with E-state index in [0.29, 0.717) is 11.6 Å². The summed E-state index contributed by atoms with van der Waals surface area (Å²) in [5.74, 6) is 0.813. The van der Waals surface area contributed by atoms with Crippen molar-refractivity contribution in [3.8, 4) is 5.75 Å². The van der Waals surface area contributed by atoms with Crippen LogP contribution in [0.1, 0.15) is 5.56 Å². The number of nitrogens with zero attached hydrogens (tertiary/aromatic N) is 1. The van der Waals surface area contributed by atoms with Crippen LogP contribution < -0.4 is 15.4 Å². The highest BCUT2D eigenvalue weighted by molar-refractivity contribution is 6.30. The maximum Gasteiger partial charge on any atom is 0.142 e. The lowest BCUT2D eigenvalue weighted by atomic mass is 10.1. The molecule has 0 aliphatic heterocycles. The van der Waals surface area contributed by atoms with Crippen LogP contribution in [0.2, 0.25) is 5.02 Å². The summed E-state index contributed by atoms with van der Waals surface area (Å²) in [6, 6.07) is 13.6. The Labute approximate surface area is 118 Å². The Balaban J connectivity index is 2.49. The molecule has 4 heteroatoms. The third-order valence-electron chi connectivity index (χ3n) is 3.08. The van der Waals surface area contributed by atoms with Crippen LogP contribution in [0.5, 0.6) is 5.75 Å². The number of hydrogen-bond acceptors (Lipinski definition) is 3. The van der Waals surface area contributed by atoms with Gasteiger partial charge in [0.1, 0.15) is 5.75 Å². The fourth-order valence-corrected chi connectivity index (χ4v) is 2.22. The van der Waals surface area contributed by atoms with Crippen molar-refractivity contribution in [1.29, 1.82) is 0 Å². The molecule has 0 heterocycles. The predicted molar refractivity (Wildman–Crippen MR) is 80.4 cm³/mol. The van der Waals surface area contributed by atoms with E-state index in [2.05, 4.69) is 0 Å². The van der Waals surface area contributed by atoms with Crippen LogP contribution in [0.4, 0.5) is 11.4 Å². The van der Waals surface area contributed by atoms with E-state index in [1.54, 1.807) is 7.11 Å². The number of anilines is 2.